The molecule has 1 rings (SSSR count). The van der Waals surface area contributed by atoms with Gasteiger partial charge in [-0.2, -0.15) is 18.3 Å². The van der Waals surface area contributed by atoms with Gasteiger partial charge in [0.15, 0.2) is 0 Å². The number of halogens is 3. The predicted octanol–water partition coefficient (Wildman–Crippen LogP) is 2.31. The highest BCUT2D eigenvalue weighted by atomic mass is 19.4. The average molecular weight is 293 g/mol. The van der Waals surface area contributed by atoms with Crippen LogP contribution in [0.1, 0.15) is 30.8 Å². The van der Waals surface area contributed by atoms with E-state index < -0.39 is 12.8 Å². The monoisotopic (exact) mass is 293 g/mol. The maximum atomic E-state index is 12.0. The molecule has 20 heavy (non-hydrogen) atoms. The van der Waals surface area contributed by atoms with Crippen LogP contribution < -0.4 is 5.32 Å². The molecule has 0 aromatic carbocycles. The third kappa shape index (κ3) is 4.79. The van der Waals surface area contributed by atoms with Crippen LogP contribution in [0.3, 0.4) is 0 Å². The summed E-state index contributed by atoms with van der Waals surface area (Å²) in [5, 5.41) is 7.57. The topological polar surface area (TPSA) is 39.1 Å². The number of alkyl halides is 3. The van der Waals surface area contributed by atoms with Crippen molar-refractivity contribution in [1.82, 2.24) is 15.1 Å². The molecule has 4 nitrogen and oxygen atoms in total. The summed E-state index contributed by atoms with van der Waals surface area (Å²) in [5.74, 6) is 0. The Morgan fingerprint density at radius 2 is 1.95 bits per heavy atom. The fourth-order valence-electron chi connectivity index (χ4n) is 2.17. The van der Waals surface area contributed by atoms with Gasteiger partial charge >= 0.3 is 6.18 Å². The zero-order valence-corrected chi connectivity index (χ0v) is 12.2. The van der Waals surface area contributed by atoms with Crippen molar-refractivity contribution in [2.24, 2.45) is 0 Å². The van der Waals surface area contributed by atoms with Crippen molar-refractivity contribution in [2.45, 2.75) is 46.0 Å². The highest BCUT2D eigenvalue weighted by Gasteiger charge is 2.27. The van der Waals surface area contributed by atoms with E-state index in [4.69, 9.17) is 0 Å². The molecule has 0 saturated heterocycles. The Balaban J connectivity index is 2.69. The van der Waals surface area contributed by atoms with Crippen LogP contribution in [0.4, 0.5) is 13.2 Å². The molecule has 0 amide bonds. The number of ether oxygens (including phenoxy) is 1. The second kappa shape index (κ2) is 7.64. The Morgan fingerprint density at radius 1 is 1.25 bits per heavy atom. The minimum Gasteiger partial charge on any atom is -0.370 e. The van der Waals surface area contributed by atoms with Gasteiger partial charge in [0.05, 0.1) is 18.8 Å². The fraction of sp³-hybridized carbons (Fsp3) is 0.769. The van der Waals surface area contributed by atoms with Gasteiger partial charge in [0.2, 0.25) is 0 Å². The van der Waals surface area contributed by atoms with E-state index in [1.807, 2.05) is 20.9 Å². The van der Waals surface area contributed by atoms with Crippen molar-refractivity contribution in [1.29, 1.82) is 0 Å². The van der Waals surface area contributed by atoms with Crippen LogP contribution in [-0.4, -0.2) is 36.2 Å². The number of hydrogen-bond donors (Lipinski definition) is 1. The third-order valence-corrected chi connectivity index (χ3v) is 2.99. The summed E-state index contributed by atoms with van der Waals surface area (Å²) in [4.78, 5) is 0. The molecule has 0 aliphatic rings. The largest absolute Gasteiger partial charge is 0.411 e. The second-order valence-electron chi connectivity index (χ2n) is 4.50. The minimum absolute atomic E-state index is 0.0103. The Labute approximate surface area is 117 Å². The first kappa shape index (κ1) is 17.0. The van der Waals surface area contributed by atoms with Gasteiger partial charge in [-0.05, 0) is 19.9 Å². The van der Waals surface area contributed by atoms with Crippen molar-refractivity contribution in [3.8, 4) is 0 Å². The van der Waals surface area contributed by atoms with Crippen LogP contribution in [0, 0.1) is 0 Å². The second-order valence-corrected chi connectivity index (χ2v) is 4.50. The fourth-order valence-corrected chi connectivity index (χ4v) is 2.17. The molecule has 0 saturated carbocycles. The molecular weight excluding hydrogens is 271 g/mol. The first-order valence-electron chi connectivity index (χ1n) is 6.79. The molecule has 0 radical (unpaired) electrons. The van der Waals surface area contributed by atoms with E-state index in [2.05, 4.69) is 15.2 Å². The minimum atomic E-state index is -4.27. The lowest BCUT2D eigenvalue weighted by molar-refractivity contribution is -0.174. The van der Waals surface area contributed by atoms with Gasteiger partial charge < -0.3 is 10.1 Å². The Kier molecular flexibility index (Phi) is 6.48. The Morgan fingerprint density at radius 3 is 2.45 bits per heavy atom. The number of aromatic nitrogens is 2. The molecular formula is C13H22F3N3O. The molecule has 0 spiro atoms. The summed E-state index contributed by atoms with van der Waals surface area (Å²) >= 11 is 0. The van der Waals surface area contributed by atoms with Gasteiger partial charge in [0, 0.05) is 17.8 Å². The van der Waals surface area contributed by atoms with Gasteiger partial charge in [-0.25, -0.2) is 0 Å². The first-order chi connectivity index (χ1) is 9.42. The van der Waals surface area contributed by atoms with E-state index >= 15 is 0 Å². The van der Waals surface area contributed by atoms with Crippen LogP contribution in [0.15, 0.2) is 0 Å². The molecule has 0 aliphatic carbocycles. The maximum Gasteiger partial charge on any atom is 0.411 e. The lowest BCUT2D eigenvalue weighted by Gasteiger charge is -2.10. The normalized spacial score (nSPS) is 12.1. The van der Waals surface area contributed by atoms with Gasteiger partial charge in [-0.3, -0.25) is 4.68 Å². The third-order valence-electron chi connectivity index (χ3n) is 2.99. The molecule has 116 valence electrons. The van der Waals surface area contributed by atoms with Crippen molar-refractivity contribution in [2.75, 3.05) is 20.3 Å². The Hall–Kier alpha value is -1.08. The number of rotatable bonds is 8. The molecule has 1 aromatic heterocycles. The zero-order chi connectivity index (χ0) is 15.2. The molecule has 0 aliphatic heterocycles. The van der Waals surface area contributed by atoms with Crippen LogP contribution in [-0.2, 0) is 30.7 Å². The quantitative estimate of drug-likeness (QED) is 0.748. The molecule has 0 unspecified atom stereocenters. The lowest BCUT2D eigenvalue weighted by Crippen LogP contribution is -2.20. The van der Waals surface area contributed by atoms with E-state index in [0.29, 0.717) is 6.54 Å². The number of nitrogens with one attached hydrogen (secondary N) is 1. The smallest absolute Gasteiger partial charge is 0.370 e. The van der Waals surface area contributed by atoms with Gasteiger partial charge in [-0.15, -0.1) is 0 Å². The zero-order valence-electron chi connectivity index (χ0n) is 12.2. The molecule has 0 bridgehead atoms. The highest BCUT2D eigenvalue weighted by Crippen LogP contribution is 2.17. The van der Waals surface area contributed by atoms with Gasteiger partial charge in [0.1, 0.15) is 6.61 Å². The summed E-state index contributed by atoms with van der Waals surface area (Å²) in [6.45, 7) is 3.90. The summed E-state index contributed by atoms with van der Waals surface area (Å²) < 4.78 is 42.4. The number of aryl methyl sites for hydroxylation is 1. The van der Waals surface area contributed by atoms with Crippen molar-refractivity contribution in [3.63, 3.8) is 0 Å². The first-order valence-corrected chi connectivity index (χ1v) is 6.79. The SMILES string of the molecule is CCc1nn(CCOCC(F)(F)F)c(CC)c1CNC. The standard InChI is InChI=1S/C13H22F3N3O/c1-4-11-10(8-17-3)12(5-2)19(18-11)6-7-20-9-13(14,15)16/h17H,4-9H2,1-3H3. The van der Waals surface area contributed by atoms with E-state index in [1.165, 1.54) is 0 Å². The summed E-state index contributed by atoms with van der Waals surface area (Å²) in [7, 11) is 1.86. The Bertz CT molecular complexity index is 416. The van der Waals surface area contributed by atoms with Gasteiger partial charge in [0.25, 0.3) is 0 Å². The van der Waals surface area contributed by atoms with Crippen LogP contribution in [0.2, 0.25) is 0 Å². The van der Waals surface area contributed by atoms with Crippen molar-refractivity contribution >= 4 is 0 Å². The molecule has 7 heteroatoms. The molecule has 1 N–H and O–H groups in total. The van der Waals surface area contributed by atoms with Crippen molar-refractivity contribution in [3.05, 3.63) is 17.0 Å². The van der Waals surface area contributed by atoms with Crippen LogP contribution in [0.5, 0.6) is 0 Å². The summed E-state index contributed by atoms with van der Waals surface area (Å²) in [6, 6.07) is 0. The molecule has 1 heterocycles. The van der Waals surface area contributed by atoms with Crippen molar-refractivity contribution < 1.29 is 17.9 Å². The average Bonchev–Trinajstić information content (AvgIpc) is 2.71. The van der Waals surface area contributed by atoms with E-state index in [1.54, 1.807) is 4.68 Å². The van der Waals surface area contributed by atoms with Gasteiger partial charge in [-0.1, -0.05) is 13.8 Å². The lowest BCUT2D eigenvalue weighted by atomic mass is 10.1. The molecule has 1 aromatic rings. The van der Waals surface area contributed by atoms with Crippen LogP contribution >= 0.6 is 0 Å². The number of nitrogens with zero attached hydrogens (tertiary/aromatic N) is 2. The maximum absolute atomic E-state index is 12.0. The van der Waals surface area contributed by atoms with Crippen LogP contribution in [0.25, 0.3) is 0 Å². The summed E-state index contributed by atoms with van der Waals surface area (Å²) in [5.41, 5.74) is 3.20. The highest BCUT2D eigenvalue weighted by molar-refractivity contribution is 5.26. The molecule has 0 fully saturated rings. The predicted molar refractivity (Wildman–Crippen MR) is 70.6 cm³/mol. The van der Waals surface area contributed by atoms with E-state index in [9.17, 15) is 13.2 Å². The molecule has 0 atom stereocenters. The van der Waals surface area contributed by atoms with E-state index in [0.717, 1.165) is 36.3 Å². The number of hydrogen-bond acceptors (Lipinski definition) is 3. The van der Waals surface area contributed by atoms with E-state index in [-0.39, 0.29) is 6.61 Å². The summed E-state index contributed by atoms with van der Waals surface area (Å²) in [6.07, 6.45) is -2.67.